The lowest BCUT2D eigenvalue weighted by Gasteiger charge is -2.25. The fourth-order valence-electron chi connectivity index (χ4n) is 3.68. The molecular weight excluding hydrogens is 343 g/mol. The van der Waals surface area contributed by atoms with E-state index in [1.165, 1.54) is 12.1 Å². The second kappa shape index (κ2) is 7.42. The monoisotopic (exact) mass is 364 g/mol. The molecule has 1 aliphatic rings. The molecule has 0 aliphatic carbocycles. The zero-order valence-electron chi connectivity index (χ0n) is 15.0. The van der Waals surface area contributed by atoms with Gasteiger partial charge in [-0.2, -0.15) is 0 Å². The number of pyridine rings is 1. The van der Waals surface area contributed by atoms with Crippen molar-refractivity contribution in [2.24, 2.45) is 5.92 Å². The smallest absolute Gasteiger partial charge is 0.254 e. The summed E-state index contributed by atoms with van der Waals surface area (Å²) in [6, 6.07) is 14.1. The second-order valence-corrected chi connectivity index (χ2v) is 6.90. The number of hydrazine groups is 1. The van der Waals surface area contributed by atoms with Gasteiger partial charge < -0.3 is 4.90 Å². The van der Waals surface area contributed by atoms with Gasteiger partial charge in [0.05, 0.1) is 6.04 Å². The Balaban J connectivity index is 1.53. The summed E-state index contributed by atoms with van der Waals surface area (Å²) >= 11 is 0. The lowest BCUT2D eigenvalue weighted by atomic mass is 9.94. The molecule has 0 spiro atoms. The van der Waals surface area contributed by atoms with Crippen LogP contribution in [0.3, 0.4) is 0 Å². The maximum Gasteiger partial charge on any atom is 0.254 e. The van der Waals surface area contributed by atoms with E-state index in [1.807, 2.05) is 31.3 Å². The van der Waals surface area contributed by atoms with Crippen molar-refractivity contribution < 1.29 is 9.18 Å². The zero-order chi connectivity index (χ0) is 18.8. The van der Waals surface area contributed by atoms with Gasteiger partial charge in [-0.05, 0) is 35.2 Å². The van der Waals surface area contributed by atoms with E-state index in [-0.39, 0.29) is 23.7 Å². The normalized spacial score (nSPS) is 19.3. The molecule has 5 nitrogen and oxygen atoms in total. The van der Waals surface area contributed by atoms with E-state index < -0.39 is 0 Å². The first-order valence-corrected chi connectivity index (χ1v) is 8.95. The quantitative estimate of drug-likeness (QED) is 0.747. The number of nitrogens with zero attached hydrogens (tertiary/aromatic N) is 2. The average molecular weight is 364 g/mol. The lowest BCUT2D eigenvalue weighted by Crippen LogP contribution is -2.34. The summed E-state index contributed by atoms with van der Waals surface area (Å²) in [7, 11) is 1.82. The Kier molecular flexibility index (Phi) is 4.83. The van der Waals surface area contributed by atoms with Gasteiger partial charge in [0.15, 0.2) is 0 Å². The van der Waals surface area contributed by atoms with Crippen molar-refractivity contribution in [3.8, 4) is 0 Å². The van der Waals surface area contributed by atoms with Crippen LogP contribution in [0.2, 0.25) is 0 Å². The van der Waals surface area contributed by atoms with Crippen LogP contribution in [0.4, 0.5) is 4.39 Å². The first kappa shape index (κ1) is 17.6. The van der Waals surface area contributed by atoms with Gasteiger partial charge in [-0.15, -0.1) is 0 Å². The number of hydrogen-bond donors (Lipinski definition) is 2. The van der Waals surface area contributed by atoms with Crippen molar-refractivity contribution >= 4 is 16.7 Å². The molecule has 4 rings (SSSR count). The van der Waals surface area contributed by atoms with Crippen LogP contribution in [0.15, 0.2) is 60.9 Å². The predicted octanol–water partition coefficient (Wildman–Crippen LogP) is 2.91. The molecule has 2 unspecified atom stereocenters. The number of nitrogens with one attached hydrogen (secondary N) is 2. The fraction of sp³-hybridized carbons (Fsp3) is 0.238. The molecule has 2 aromatic carbocycles. The molecule has 1 amide bonds. The molecule has 1 aromatic heterocycles. The van der Waals surface area contributed by atoms with Crippen LogP contribution in [0.25, 0.3) is 10.8 Å². The van der Waals surface area contributed by atoms with E-state index in [4.69, 9.17) is 0 Å². The molecule has 0 saturated carbocycles. The summed E-state index contributed by atoms with van der Waals surface area (Å²) in [5, 5.41) is 1.85. The van der Waals surface area contributed by atoms with E-state index >= 15 is 0 Å². The standard InChI is InChI=1S/C21H21FN4O/c1-26(21(27)19-4-2-3-15-11-23-10-9-18(15)19)13-16-12-24-25-20(16)14-5-7-17(22)8-6-14/h2-11,16,20,24-25H,12-13H2,1H3. The highest BCUT2D eigenvalue weighted by Crippen LogP contribution is 2.26. The van der Waals surface area contributed by atoms with Crippen LogP contribution >= 0.6 is 0 Å². The minimum atomic E-state index is -0.251. The molecule has 2 atom stereocenters. The molecule has 3 aromatic rings. The van der Waals surface area contributed by atoms with E-state index in [2.05, 4.69) is 15.8 Å². The molecular formula is C21H21FN4O. The van der Waals surface area contributed by atoms with E-state index in [0.717, 1.165) is 22.9 Å². The number of benzene rings is 2. The van der Waals surface area contributed by atoms with Crippen LogP contribution in [0, 0.1) is 11.7 Å². The molecule has 2 heterocycles. The number of aromatic nitrogens is 1. The highest BCUT2D eigenvalue weighted by molar-refractivity contribution is 6.06. The Morgan fingerprint density at radius 3 is 2.85 bits per heavy atom. The third-order valence-corrected chi connectivity index (χ3v) is 5.09. The highest BCUT2D eigenvalue weighted by atomic mass is 19.1. The minimum Gasteiger partial charge on any atom is -0.341 e. The van der Waals surface area contributed by atoms with Crippen molar-refractivity contribution in [3.63, 3.8) is 0 Å². The number of rotatable bonds is 4. The van der Waals surface area contributed by atoms with Gasteiger partial charge in [0.1, 0.15) is 5.82 Å². The van der Waals surface area contributed by atoms with Gasteiger partial charge in [-0.25, -0.2) is 9.82 Å². The first-order chi connectivity index (χ1) is 13.1. The largest absolute Gasteiger partial charge is 0.341 e. The number of amides is 1. The van der Waals surface area contributed by atoms with E-state index in [9.17, 15) is 9.18 Å². The van der Waals surface area contributed by atoms with Gasteiger partial charge in [0.25, 0.3) is 5.91 Å². The van der Waals surface area contributed by atoms with Gasteiger partial charge in [0, 0.05) is 49.4 Å². The van der Waals surface area contributed by atoms with Crippen LogP contribution in [0.1, 0.15) is 22.0 Å². The third-order valence-electron chi connectivity index (χ3n) is 5.09. The Morgan fingerprint density at radius 2 is 2.04 bits per heavy atom. The van der Waals surface area contributed by atoms with Crippen molar-refractivity contribution in [1.82, 2.24) is 20.7 Å². The average Bonchev–Trinajstić information content (AvgIpc) is 3.15. The maximum absolute atomic E-state index is 13.2. The fourth-order valence-corrected chi connectivity index (χ4v) is 3.68. The van der Waals surface area contributed by atoms with Crippen molar-refractivity contribution in [1.29, 1.82) is 0 Å². The maximum atomic E-state index is 13.2. The van der Waals surface area contributed by atoms with Gasteiger partial charge in [-0.1, -0.05) is 24.3 Å². The highest BCUT2D eigenvalue weighted by Gasteiger charge is 2.30. The summed E-state index contributed by atoms with van der Waals surface area (Å²) in [6.45, 7) is 1.32. The van der Waals surface area contributed by atoms with Gasteiger partial charge in [0.2, 0.25) is 0 Å². The number of carbonyl (C=O) groups excluding carboxylic acids is 1. The Morgan fingerprint density at radius 1 is 1.22 bits per heavy atom. The summed E-state index contributed by atoms with van der Waals surface area (Å²) < 4.78 is 13.2. The molecule has 0 bridgehead atoms. The van der Waals surface area contributed by atoms with Crippen LogP contribution in [-0.2, 0) is 0 Å². The van der Waals surface area contributed by atoms with Crippen LogP contribution < -0.4 is 10.9 Å². The van der Waals surface area contributed by atoms with E-state index in [0.29, 0.717) is 12.1 Å². The molecule has 1 aliphatic heterocycles. The topological polar surface area (TPSA) is 57.3 Å². The number of halogens is 1. The van der Waals surface area contributed by atoms with E-state index in [1.54, 1.807) is 29.4 Å². The first-order valence-electron chi connectivity index (χ1n) is 8.95. The summed E-state index contributed by atoms with van der Waals surface area (Å²) in [5.74, 6) is -0.0865. The number of fused-ring (bicyclic) bond motifs is 1. The predicted molar refractivity (Wildman–Crippen MR) is 102 cm³/mol. The van der Waals surface area contributed by atoms with Gasteiger partial charge in [-0.3, -0.25) is 15.2 Å². The Hall–Kier alpha value is -2.83. The summed E-state index contributed by atoms with van der Waals surface area (Å²) in [6.07, 6.45) is 3.47. The van der Waals surface area contributed by atoms with Crippen LogP contribution in [-0.4, -0.2) is 35.9 Å². The molecule has 1 saturated heterocycles. The Labute approximate surface area is 157 Å². The molecule has 2 N–H and O–H groups in total. The molecule has 138 valence electrons. The minimum absolute atomic E-state index is 0.0171. The number of carbonyl (C=O) groups is 1. The summed E-state index contributed by atoms with van der Waals surface area (Å²) in [4.78, 5) is 18.9. The van der Waals surface area contributed by atoms with Crippen LogP contribution in [0.5, 0.6) is 0 Å². The van der Waals surface area contributed by atoms with Crippen molar-refractivity contribution in [2.75, 3.05) is 20.1 Å². The lowest BCUT2D eigenvalue weighted by molar-refractivity contribution is 0.0773. The zero-order valence-corrected chi connectivity index (χ0v) is 15.0. The SMILES string of the molecule is CN(CC1CNNC1c1ccc(F)cc1)C(=O)c1cccc2cnccc12. The number of hydrogen-bond acceptors (Lipinski definition) is 4. The summed E-state index contributed by atoms with van der Waals surface area (Å²) in [5.41, 5.74) is 8.08. The molecule has 27 heavy (non-hydrogen) atoms. The van der Waals surface area contributed by atoms with Crippen molar-refractivity contribution in [3.05, 3.63) is 77.9 Å². The third kappa shape index (κ3) is 3.54. The molecule has 1 fully saturated rings. The Bertz CT molecular complexity index is 955. The molecule has 0 radical (unpaired) electrons. The molecule has 6 heteroatoms. The second-order valence-electron chi connectivity index (χ2n) is 6.90. The van der Waals surface area contributed by atoms with Crippen molar-refractivity contribution in [2.45, 2.75) is 6.04 Å². The van der Waals surface area contributed by atoms with Gasteiger partial charge >= 0.3 is 0 Å².